The van der Waals surface area contributed by atoms with Crippen LogP contribution in [-0.4, -0.2) is 49.1 Å². The maximum atomic E-state index is 3.66. The molecule has 1 heterocycles. The van der Waals surface area contributed by atoms with Crippen molar-refractivity contribution in [3.05, 3.63) is 35.9 Å². The van der Waals surface area contributed by atoms with Crippen molar-refractivity contribution in [3.8, 4) is 0 Å². The van der Waals surface area contributed by atoms with Crippen molar-refractivity contribution in [1.29, 1.82) is 0 Å². The molecule has 1 N–H and O–H groups in total. The number of benzene rings is 1. The Morgan fingerprint density at radius 1 is 1.20 bits per heavy atom. The molecule has 0 amide bonds. The molecule has 112 valence electrons. The van der Waals surface area contributed by atoms with E-state index in [0.717, 1.165) is 13.0 Å². The van der Waals surface area contributed by atoms with Gasteiger partial charge in [-0.05, 0) is 43.4 Å². The van der Waals surface area contributed by atoms with Crippen molar-refractivity contribution >= 4 is 11.8 Å². The molecule has 0 radical (unpaired) electrons. The molecule has 2 nitrogen and oxygen atoms in total. The molecule has 20 heavy (non-hydrogen) atoms. The van der Waals surface area contributed by atoms with Gasteiger partial charge in [0.1, 0.15) is 0 Å². The summed E-state index contributed by atoms with van der Waals surface area (Å²) in [4.78, 5) is 2.64. The van der Waals surface area contributed by atoms with E-state index in [-0.39, 0.29) is 0 Å². The summed E-state index contributed by atoms with van der Waals surface area (Å²) in [6.07, 6.45) is 7.47. The minimum atomic E-state index is 0.623. The summed E-state index contributed by atoms with van der Waals surface area (Å²) in [5, 5.41) is 3.66. The third kappa shape index (κ3) is 5.86. The van der Waals surface area contributed by atoms with Crippen LogP contribution in [0.25, 0.3) is 0 Å². The normalized spacial score (nSPS) is 20.1. The molecule has 0 saturated carbocycles. The zero-order valence-corrected chi connectivity index (χ0v) is 13.5. The van der Waals surface area contributed by atoms with Crippen LogP contribution in [0.5, 0.6) is 0 Å². The van der Waals surface area contributed by atoms with E-state index >= 15 is 0 Å². The minimum absolute atomic E-state index is 0.623. The number of thioether (sulfide) groups is 1. The Kier molecular flexibility index (Phi) is 7.48. The Morgan fingerprint density at radius 3 is 2.85 bits per heavy atom. The molecule has 2 rings (SSSR count). The van der Waals surface area contributed by atoms with Crippen LogP contribution in [0.4, 0.5) is 0 Å². The molecule has 0 spiro atoms. The van der Waals surface area contributed by atoms with Gasteiger partial charge in [0.15, 0.2) is 0 Å². The Labute approximate surface area is 128 Å². The highest BCUT2D eigenvalue weighted by atomic mass is 32.2. The van der Waals surface area contributed by atoms with E-state index < -0.39 is 0 Å². The van der Waals surface area contributed by atoms with E-state index in [9.17, 15) is 0 Å². The molecule has 1 unspecified atom stereocenters. The van der Waals surface area contributed by atoms with Gasteiger partial charge in [0.25, 0.3) is 0 Å². The van der Waals surface area contributed by atoms with Gasteiger partial charge in [0.2, 0.25) is 0 Å². The first-order chi connectivity index (χ1) is 9.88. The summed E-state index contributed by atoms with van der Waals surface area (Å²) in [7, 11) is 0. The molecule has 3 heteroatoms. The SMILES string of the molecule is CSCCCCCN1CCNC(Cc2ccccc2)C1. The Hall–Kier alpha value is -0.510. The molecule has 1 fully saturated rings. The van der Waals surface area contributed by atoms with Crippen LogP contribution in [0.15, 0.2) is 30.3 Å². The fraction of sp³-hybridized carbons (Fsp3) is 0.647. The number of hydrogen-bond donors (Lipinski definition) is 1. The summed E-state index contributed by atoms with van der Waals surface area (Å²) in [6, 6.07) is 11.5. The van der Waals surface area contributed by atoms with Gasteiger partial charge in [0, 0.05) is 25.7 Å². The predicted octanol–water partition coefficient (Wildman–Crippen LogP) is 3.04. The highest BCUT2D eigenvalue weighted by Gasteiger charge is 2.18. The van der Waals surface area contributed by atoms with E-state index in [0.29, 0.717) is 6.04 Å². The molecule has 1 atom stereocenters. The van der Waals surface area contributed by atoms with Crippen LogP contribution in [0, 0.1) is 0 Å². The van der Waals surface area contributed by atoms with E-state index in [2.05, 4.69) is 46.8 Å². The molecular formula is C17H28N2S. The van der Waals surface area contributed by atoms with Crippen LogP contribution in [0.1, 0.15) is 24.8 Å². The lowest BCUT2D eigenvalue weighted by molar-refractivity contribution is 0.196. The van der Waals surface area contributed by atoms with Gasteiger partial charge in [-0.15, -0.1) is 0 Å². The molecule has 0 aromatic heterocycles. The topological polar surface area (TPSA) is 15.3 Å². The van der Waals surface area contributed by atoms with Crippen LogP contribution in [0.2, 0.25) is 0 Å². The Morgan fingerprint density at radius 2 is 2.05 bits per heavy atom. The second kappa shape index (κ2) is 9.43. The number of hydrogen-bond acceptors (Lipinski definition) is 3. The van der Waals surface area contributed by atoms with E-state index in [4.69, 9.17) is 0 Å². The molecule has 1 aromatic rings. The van der Waals surface area contributed by atoms with Gasteiger partial charge in [-0.25, -0.2) is 0 Å². The third-order valence-electron chi connectivity index (χ3n) is 3.99. The lowest BCUT2D eigenvalue weighted by Crippen LogP contribution is -2.51. The molecular weight excluding hydrogens is 264 g/mol. The monoisotopic (exact) mass is 292 g/mol. The van der Waals surface area contributed by atoms with Crippen LogP contribution in [0.3, 0.4) is 0 Å². The quantitative estimate of drug-likeness (QED) is 0.742. The molecule has 1 aromatic carbocycles. The fourth-order valence-electron chi connectivity index (χ4n) is 2.89. The lowest BCUT2D eigenvalue weighted by Gasteiger charge is -2.33. The number of nitrogens with one attached hydrogen (secondary N) is 1. The number of unbranched alkanes of at least 4 members (excludes halogenated alkanes) is 2. The molecule has 0 bridgehead atoms. The number of nitrogens with zero attached hydrogens (tertiary/aromatic N) is 1. The average molecular weight is 292 g/mol. The second-order valence-electron chi connectivity index (χ2n) is 5.69. The second-order valence-corrected chi connectivity index (χ2v) is 6.68. The van der Waals surface area contributed by atoms with Crippen molar-refractivity contribution in [2.45, 2.75) is 31.7 Å². The van der Waals surface area contributed by atoms with Crippen molar-refractivity contribution in [3.63, 3.8) is 0 Å². The first-order valence-corrected chi connectivity index (χ1v) is 9.26. The van der Waals surface area contributed by atoms with E-state index in [1.807, 2.05) is 11.8 Å². The van der Waals surface area contributed by atoms with Crippen LogP contribution in [-0.2, 0) is 6.42 Å². The summed E-state index contributed by atoms with van der Waals surface area (Å²) < 4.78 is 0. The summed E-state index contributed by atoms with van der Waals surface area (Å²) in [6.45, 7) is 4.84. The first-order valence-electron chi connectivity index (χ1n) is 7.87. The molecule has 1 aliphatic rings. The third-order valence-corrected chi connectivity index (χ3v) is 4.68. The number of piperazine rings is 1. The highest BCUT2D eigenvalue weighted by Crippen LogP contribution is 2.09. The number of rotatable bonds is 8. The van der Waals surface area contributed by atoms with Crippen LogP contribution >= 0.6 is 11.8 Å². The smallest absolute Gasteiger partial charge is 0.0235 e. The van der Waals surface area contributed by atoms with Crippen molar-refractivity contribution < 1.29 is 0 Å². The maximum absolute atomic E-state index is 3.66. The van der Waals surface area contributed by atoms with E-state index in [1.54, 1.807) is 0 Å². The van der Waals surface area contributed by atoms with Gasteiger partial charge in [-0.1, -0.05) is 36.8 Å². The van der Waals surface area contributed by atoms with E-state index in [1.165, 1.54) is 50.2 Å². The molecule has 0 aliphatic carbocycles. The molecule has 1 aliphatic heterocycles. The largest absolute Gasteiger partial charge is 0.311 e. The predicted molar refractivity (Wildman–Crippen MR) is 90.6 cm³/mol. The standard InChI is InChI=1S/C17H28N2S/c1-20-13-7-3-6-11-19-12-10-18-17(15-19)14-16-8-4-2-5-9-16/h2,4-5,8-9,17-18H,3,6-7,10-15H2,1H3. The summed E-state index contributed by atoms with van der Waals surface area (Å²) in [5.74, 6) is 1.32. The van der Waals surface area contributed by atoms with Gasteiger partial charge >= 0.3 is 0 Å². The Balaban J connectivity index is 1.66. The lowest BCUT2D eigenvalue weighted by atomic mass is 10.0. The minimum Gasteiger partial charge on any atom is -0.311 e. The van der Waals surface area contributed by atoms with Crippen molar-refractivity contribution in [2.24, 2.45) is 0 Å². The average Bonchev–Trinajstić information content (AvgIpc) is 2.48. The van der Waals surface area contributed by atoms with Gasteiger partial charge in [-0.3, -0.25) is 0 Å². The first kappa shape index (κ1) is 15.9. The zero-order valence-electron chi connectivity index (χ0n) is 12.7. The zero-order chi connectivity index (χ0) is 14.0. The highest BCUT2D eigenvalue weighted by molar-refractivity contribution is 7.98. The van der Waals surface area contributed by atoms with Gasteiger partial charge < -0.3 is 10.2 Å². The van der Waals surface area contributed by atoms with Crippen molar-refractivity contribution in [2.75, 3.05) is 38.2 Å². The van der Waals surface area contributed by atoms with Gasteiger partial charge in [0.05, 0.1) is 0 Å². The summed E-state index contributed by atoms with van der Waals surface area (Å²) in [5.41, 5.74) is 1.45. The fourth-order valence-corrected chi connectivity index (χ4v) is 3.38. The summed E-state index contributed by atoms with van der Waals surface area (Å²) >= 11 is 1.97. The van der Waals surface area contributed by atoms with Crippen molar-refractivity contribution in [1.82, 2.24) is 10.2 Å². The van der Waals surface area contributed by atoms with Gasteiger partial charge in [-0.2, -0.15) is 11.8 Å². The molecule has 1 saturated heterocycles. The Bertz CT molecular complexity index is 355. The van der Waals surface area contributed by atoms with Crippen LogP contribution < -0.4 is 5.32 Å². The maximum Gasteiger partial charge on any atom is 0.0235 e.